The molecule has 0 bridgehead atoms. The van der Waals surface area contributed by atoms with Crippen LogP contribution in [0.25, 0.3) is 10.1 Å². The molecule has 2 aromatic heterocycles. The minimum absolute atomic E-state index is 0.324. The molecule has 1 fully saturated rings. The summed E-state index contributed by atoms with van der Waals surface area (Å²) in [6.07, 6.45) is 0. The fourth-order valence-electron chi connectivity index (χ4n) is 4.05. The predicted molar refractivity (Wildman–Crippen MR) is 141 cm³/mol. The Morgan fingerprint density at radius 3 is 2.37 bits per heavy atom. The van der Waals surface area contributed by atoms with Crippen LogP contribution in [0.1, 0.15) is 11.4 Å². The third kappa shape index (κ3) is 5.38. The maximum absolute atomic E-state index is 12.8. The molecule has 0 radical (unpaired) electrons. The molecule has 9 nitrogen and oxygen atoms in total. The predicted octanol–water partition coefficient (Wildman–Crippen LogP) is 4.33. The lowest BCUT2D eigenvalue weighted by Gasteiger charge is -2.36. The van der Waals surface area contributed by atoms with Gasteiger partial charge in [-0.3, -0.25) is 5.32 Å². The van der Waals surface area contributed by atoms with Crippen LogP contribution < -0.4 is 15.5 Å². The van der Waals surface area contributed by atoms with Crippen LogP contribution in [0.4, 0.5) is 22.2 Å². The first-order chi connectivity index (χ1) is 17.0. The molecule has 1 aliphatic heterocycles. The molecular weight excluding hydrogens is 460 g/mol. The highest BCUT2D eigenvalue weighted by Crippen LogP contribution is 2.29. The van der Waals surface area contributed by atoms with E-state index in [1.807, 2.05) is 62.4 Å². The average Bonchev–Trinajstić information content (AvgIpc) is 3.28. The topological polar surface area (TPSA) is 98.6 Å². The molecule has 0 saturated carbocycles. The zero-order valence-electron chi connectivity index (χ0n) is 19.6. The summed E-state index contributed by atoms with van der Waals surface area (Å²) in [5.41, 5.74) is 2.35. The van der Waals surface area contributed by atoms with Gasteiger partial charge in [-0.05, 0) is 55.7 Å². The number of nitrogens with zero attached hydrogens (tertiary/aromatic N) is 6. The molecular formula is C25H26N8OS. The van der Waals surface area contributed by atoms with Crippen LogP contribution in [-0.4, -0.2) is 57.4 Å². The highest BCUT2D eigenvalue weighted by atomic mass is 32.1. The first-order valence-corrected chi connectivity index (χ1v) is 12.2. The number of benzene rings is 2. The molecule has 35 heavy (non-hydrogen) atoms. The summed E-state index contributed by atoms with van der Waals surface area (Å²) in [5, 5.41) is 6.94. The normalized spacial score (nSPS) is 14.3. The Hall–Kier alpha value is -4.05. The zero-order chi connectivity index (χ0) is 24.2. The van der Waals surface area contributed by atoms with Crippen LogP contribution >= 0.6 is 11.5 Å². The van der Waals surface area contributed by atoms with E-state index < -0.39 is 0 Å². The number of para-hydroxylation sites is 1. The summed E-state index contributed by atoms with van der Waals surface area (Å²) in [6, 6.07) is 19.1. The Morgan fingerprint density at radius 2 is 1.63 bits per heavy atom. The molecule has 2 amide bonds. The molecule has 10 heteroatoms. The number of urea groups is 1. The second-order valence-corrected chi connectivity index (χ2v) is 9.11. The summed E-state index contributed by atoms with van der Waals surface area (Å²) in [4.78, 5) is 30.6. The summed E-state index contributed by atoms with van der Waals surface area (Å²) < 4.78 is 5.87. The van der Waals surface area contributed by atoms with E-state index >= 15 is 0 Å². The van der Waals surface area contributed by atoms with Crippen LogP contribution in [0.5, 0.6) is 0 Å². The van der Waals surface area contributed by atoms with Crippen molar-refractivity contribution in [2.24, 2.45) is 4.99 Å². The van der Waals surface area contributed by atoms with Gasteiger partial charge in [-0.25, -0.2) is 14.8 Å². The van der Waals surface area contributed by atoms with Crippen molar-refractivity contribution in [3.8, 4) is 0 Å². The van der Waals surface area contributed by atoms with Gasteiger partial charge in [0.05, 0.1) is 4.70 Å². The molecule has 0 unspecified atom stereocenters. The summed E-state index contributed by atoms with van der Waals surface area (Å²) in [7, 11) is 0. The summed E-state index contributed by atoms with van der Waals surface area (Å²) in [5.74, 6) is 1.76. The third-order valence-electron chi connectivity index (χ3n) is 5.67. The fourth-order valence-corrected chi connectivity index (χ4v) is 4.84. The van der Waals surface area contributed by atoms with Crippen LogP contribution in [0.3, 0.4) is 0 Å². The number of hydrogen-bond donors (Lipinski definition) is 2. The van der Waals surface area contributed by atoms with E-state index in [0.717, 1.165) is 30.3 Å². The van der Waals surface area contributed by atoms with Crippen molar-refractivity contribution in [1.82, 2.24) is 24.6 Å². The first kappa shape index (κ1) is 22.7. The molecule has 4 aromatic rings. The molecule has 2 N–H and O–H groups in total. The summed E-state index contributed by atoms with van der Waals surface area (Å²) >= 11 is 1.52. The second kappa shape index (κ2) is 10.1. The van der Waals surface area contributed by atoms with Crippen molar-refractivity contribution >= 4 is 51.1 Å². The minimum atomic E-state index is -0.368. The smallest absolute Gasteiger partial charge is 0.326 e. The number of rotatable bonds is 3. The van der Waals surface area contributed by atoms with Gasteiger partial charge in [0.2, 0.25) is 5.96 Å². The molecule has 0 aliphatic carbocycles. The van der Waals surface area contributed by atoms with Gasteiger partial charge in [-0.1, -0.05) is 30.3 Å². The quantitative estimate of drug-likeness (QED) is 0.330. The second-order valence-electron chi connectivity index (χ2n) is 8.31. The number of aliphatic imine (C=N–C) groups is 1. The molecule has 178 valence electrons. The number of anilines is 2. The van der Waals surface area contributed by atoms with Crippen LogP contribution in [0, 0.1) is 13.8 Å². The number of carbonyl (C=O) groups is 1. The van der Waals surface area contributed by atoms with Gasteiger partial charge in [-0.15, -0.1) is 0 Å². The van der Waals surface area contributed by atoms with Gasteiger partial charge < -0.3 is 15.1 Å². The van der Waals surface area contributed by atoms with Crippen molar-refractivity contribution in [2.45, 2.75) is 13.8 Å². The molecule has 0 spiro atoms. The number of aromatic nitrogens is 3. The van der Waals surface area contributed by atoms with Crippen molar-refractivity contribution in [2.75, 3.05) is 36.4 Å². The Bertz CT molecular complexity index is 1340. The van der Waals surface area contributed by atoms with Gasteiger partial charge in [0, 0.05) is 48.6 Å². The average molecular weight is 487 g/mol. The lowest BCUT2D eigenvalue weighted by molar-refractivity contribution is 0.254. The van der Waals surface area contributed by atoms with Crippen molar-refractivity contribution in [3.63, 3.8) is 0 Å². The number of aryl methyl sites for hydroxylation is 2. The number of amides is 2. The summed E-state index contributed by atoms with van der Waals surface area (Å²) in [6.45, 7) is 6.65. The lowest BCUT2D eigenvalue weighted by atomic mass is 10.2. The van der Waals surface area contributed by atoms with Crippen LogP contribution in [0.2, 0.25) is 0 Å². The molecule has 1 saturated heterocycles. The van der Waals surface area contributed by atoms with Gasteiger partial charge in [0.25, 0.3) is 5.95 Å². The maximum Gasteiger partial charge on any atom is 0.326 e. The van der Waals surface area contributed by atoms with Gasteiger partial charge >= 0.3 is 6.03 Å². The number of piperazine rings is 1. The Kier molecular flexibility index (Phi) is 6.53. The van der Waals surface area contributed by atoms with Crippen LogP contribution in [-0.2, 0) is 0 Å². The third-order valence-corrected chi connectivity index (χ3v) is 6.49. The van der Waals surface area contributed by atoms with Gasteiger partial charge in [0.1, 0.15) is 5.82 Å². The largest absolute Gasteiger partial charge is 0.352 e. The lowest BCUT2D eigenvalue weighted by Crippen LogP contribution is -2.54. The molecule has 1 aliphatic rings. The van der Waals surface area contributed by atoms with E-state index in [1.54, 1.807) is 0 Å². The monoisotopic (exact) mass is 486 g/mol. The minimum Gasteiger partial charge on any atom is -0.352 e. The Balaban J connectivity index is 1.35. The SMILES string of the molecule is Cc1cc(C)nc(/N=C(\NC(=O)Nc2ccccc2)N2CCN(c3nsc4ccccc34)CC2)n1. The fraction of sp³-hybridized carbons (Fsp3) is 0.240. The Labute approximate surface area is 207 Å². The highest BCUT2D eigenvalue weighted by molar-refractivity contribution is 7.13. The van der Waals surface area contributed by atoms with E-state index in [4.69, 9.17) is 4.37 Å². The van der Waals surface area contributed by atoms with E-state index in [9.17, 15) is 4.79 Å². The number of carbonyl (C=O) groups excluding carboxylic acids is 1. The van der Waals surface area contributed by atoms with Crippen molar-refractivity contribution in [1.29, 1.82) is 0 Å². The number of nitrogens with one attached hydrogen (secondary N) is 2. The maximum atomic E-state index is 12.8. The number of hydrogen-bond acceptors (Lipinski definition) is 7. The number of fused-ring (bicyclic) bond motifs is 1. The van der Waals surface area contributed by atoms with Gasteiger partial charge in [-0.2, -0.15) is 9.37 Å². The van der Waals surface area contributed by atoms with Crippen LogP contribution in [0.15, 0.2) is 65.7 Å². The highest BCUT2D eigenvalue weighted by Gasteiger charge is 2.24. The van der Waals surface area contributed by atoms with E-state index in [-0.39, 0.29) is 6.03 Å². The molecule has 3 heterocycles. The standard InChI is InChI=1S/C25H26N8OS/c1-17-16-18(2)27-23(26-17)29-24(30-25(34)28-19-8-4-3-5-9-19)33-14-12-32(13-15-33)22-20-10-6-7-11-21(20)35-31-22/h3-11,16H,12-15H2,1-2H3,(H2,26,27,28,29,30,34). The number of guanidine groups is 1. The molecule has 2 aromatic carbocycles. The van der Waals surface area contributed by atoms with Crippen molar-refractivity contribution < 1.29 is 4.79 Å². The van der Waals surface area contributed by atoms with E-state index in [2.05, 4.69) is 47.5 Å². The van der Waals surface area contributed by atoms with Crippen molar-refractivity contribution in [3.05, 3.63) is 72.1 Å². The zero-order valence-corrected chi connectivity index (χ0v) is 20.4. The molecule has 5 rings (SSSR count). The van der Waals surface area contributed by atoms with E-state index in [1.165, 1.54) is 21.6 Å². The van der Waals surface area contributed by atoms with Gasteiger partial charge in [0.15, 0.2) is 0 Å². The Morgan fingerprint density at radius 1 is 0.943 bits per heavy atom. The first-order valence-electron chi connectivity index (χ1n) is 11.4. The van der Waals surface area contributed by atoms with E-state index in [0.29, 0.717) is 30.7 Å². The molecule has 0 atom stereocenters.